The first-order valence-corrected chi connectivity index (χ1v) is 7.28. The van der Waals surface area contributed by atoms with Crippen molar-refractivity contribution in [2.45, 2.75) is 23.3 Å². The molecule has 1 aliphatic rings. The molecule has 0 radical (unpaired) electrons. The topological polar surface area (TPSA) is 59.1 Å². The Bertz CT molecular complexity index is 502. The minimum Gasteiger partial charge on any atom is -0.260 e. The molecule has 0 aliphatic heterocycles. The fourth-order valence-electron chi connectivity index (χ4n) is 1.30. The van der Waals surface area contributed by atoms with E-state index in [1.165, 1.54) is 0 Å². The fourth-order valence-corrected chi connectivity index (χ4v) is 3.62. The van der Waals surface area contributed by atoms with E-state index in [0.29, 0.717) is 5.33 Å². The molecular weight excluding hydrogens is 299 g/mol. The Balaban J connectivity index is 2.26. The van der Waals surface area contributed by atoms with Crippen LogP contribution in [0.3, 0.4) is 0 Å². The highest BCUT2D eigenvalue weighted by atomic mass is 79.9. The first-order chi connectivity index (χ1) is 7.47. The Morgan fingerprint density at radius 1 is 1.50 bits per heavy atom. The van der Waals surface area contributed by atoms with Crippen LogP contribution in [0.15, 0.2) is 23.4 Å². The number of aromatic nitrogens is 1. The Hall–Kier alpha value is -0.530. The van der Waals surface area contributed by atoms with Crippen LogP contribution >= 0.6 is 15.9 Å². The SMILES string of the molecule is O=S(=O)(NC1(CBr)CC1)c1cncc(F)c1. The third kappa shape index (κ3) is 2.41. The molecule has 0 aromatic carbocycles. The van der Waals surface area contributed by atoms with Gasteiger partial charge in [-0.05, 0) is 18.9 Å². The highest BCUT2D eigenvalue weighted by Gasteiger charge is 2.45. The lowest BCUT2D eigenvalue weighted by Gasteiger charge is -2.14. The molecule has 88 valence electrons. The van der Waals surface area contributed by atoms with Crippen molar-refractivity contribution in [3.05, 3.63) is 24.3 Å². The van der Waals surface area contributed by atoms with Crippen LogP contribution in [-0.2, 0) is 10.0 Å². The second-order valence-corrected chi connectivity index (χ2v) is 6.10. The molecule has 16 heavy (non-hydrogen) atoms. The van der Waals surface area contributed by atoms with Crippen LogP contribution in [0, 0.1) is 5.82 Å². The van der Waals surface area contributed by atoms with Crippen molar-refractivity contribution in [2.75, 3.05) is 5.33 Å². The molecule has 0 saturated heterocycles. The van der Waals surface area contributed by atoms with Gasteiger partial charge in [-0.25, -0.2) is 17.5 Å². The quantitative estimate of drug-likeness (QED) is 0.856. The normalized spacial score (nSPS) is 18.4. The molecule has 0 bridgehead atoms. The molecule has 1 aliphatic carbocycles. The number of alkyl halides is 1. The lowest BCUT2D eigenvalue weighted by molar-refractivity contribution is 0.557. The first kappa shape index (κ1) is 11.9. The minimum atomic E-state index is -3.67. The van der Waals surface area contributed by atoms with Gasteiger partial charge in [0.15, 0.2) is 0 Å². The van der Waals surface area contributed by atoms with E-state index in [4.69, 9.17) is 0 Å². The van der Waals surface area contributed by atoms with Gasteiger partial charge < -0.3 is 0 Å². The second kappa shape index (κ2) is 4.05. The van der Waals surface area contributed by atoms with Gasteiger partial charge in [0.2, 0.25) is 10.0 Å². The van der Waals surface area contributed by atoms with E-state index in [2.05, 4.69) is 25.6 Å². The molecule has 1 fully saturated rings. The van der Waals surface area contributed by atoms with Crippen LogP contribution in [0.5, 0.6) is 0 Å². The first-order valence-electron chi connectivity index (χ1n) is 4.68. The summed E-state index contributed by atoms with van der Waals surface area (Å²) in [6.45, 7) is 0. The van der Waals surface area contributed by atoms with E-state index < -0.39 is 21.4 Å². The van der Waals surface area contributed by atoms with Crippen molar-refractivity contribution in [3.63, 3.8) is 0 Å². The number of nitrogens with one attached hydrogen (secondary N) is 1. The molecule has 1 heterocycles. The van der Waals surface area contributed by atoms with Gasteiger partial charge in [0.1, 0.15) is 10.7 Å². The van der Waals surface area contributed by atoms with E-state index in [-0.39, 0.29) is 4.90 Å². The number of halogens is 2. The van der Waals surface area contributed by atoms with E-state index in [9.17, 15) is 12.8 Å². The minimum absolute atomic E-state index is 0.139. The third-order valence-corrected chi connectivity index (χ3v) is 5.07. The van der Waals surface area contributed by atoms with Crippen molar-refractivity contribution in [2.24, 2.45) is 0 Å². The second-order valence-electron chi connectivity index (χ2n) is 3.86. The molecule has 1 aromatic heterocycles. The smallest absolute Gasteiger partial charge is 0.242 e. The maximum Gasteiger partial charge on any atom is 0.242 e. The number of hydrogen-bond donors (Lipinski definition) is 1. The van der Waals surface area contributed by atoms with Gasteiger partial charge in [-0.15, -0.1) is 0 Å². The molecule has 2 rings (SSSR count). The maximum absolute atomic E-state index is 12.9. The third-order valence-electron chi connectivity index (χ3n) is 2.45. The Morgan fingerprint density at radius 3 is 2.69 bits per heavy atom. The van der Waals surface area contributed by atoms with Gasteiger partial charge >= 0.3 is 0 Å². The summed E-state index contributed by atoms with van der Waals surface area (Å²) in [6.07, 6.45) is 3.69. The average molecular weight is 309 g/mol. The van der Waals surface area contributed by atoms with Gasteiger partial charge in [-0.2, -0.15) is 0 Å². The Morgan fingerprint density at radius 2 is 2.19 bits per heavy atom. The summed E-state index contributed by atoms with van der Waals surface area (Å²) in [6, 6.07) is 0.958. The summed E-state index contributed by atoms with van der Waals surface area (Å²) >= 11 is 3.26. The van der Waals surface area contributed by atoms with Crippen LogP contribution in [0.4, 0.5) is 4.39 Å². The number of sulfonamides is 1. The maximum atomic E-state index is 12.9. The molecule has 0 spiro atoms. The molecule has 0 atom stereocenters. The van der Waals surface area contributed by atoms with Crippen molar-refractivity contribution in [1.82, 2.24) is 9.71 Å². The zero-order valence-corrected chi connectivity index (χ0v) is 10.7. The molecule has 0 amide bonds. The van der Waals surface area contributed by atoms with Gasteiger partial charge in [0.05, 0.1) is 6.20 Å². The Labute approximate surface area is 101 Å². The highest BCUT2D eigenvalue weighted by molar-refractivity contribution is 9.09. The summed E-state index contributed by atoms with van der Waals surface area (Å²) in [5.41, 5.74) is -0.398. The van der Waals surface area contributed by atoms with Crippen molar-refractivity contribution in [1.29, 1.82) is 0 Å². The molecule has 1 N–H and O–H groups in total. The largest absolute Gasteiger partial charge is 0.260 e. The van der Waals surface area contributed by atoms with Gasteiger partial charge in [-0.1, -0.05) is 15.9 Å². The number of rotatable bonds is 4. The standard InChI is InChI=1S/C9H10BrFN2O2S/c10-6-9(1-2-9)13-16(14,15)8-3-7(11)4-12-5-8/h3-5,13H,1-2,6H2. The predicted molar refractivity (Wildman–Crippen MR) is 60.3 cm³/mol. The van der Waals surface area contributed by atoms with E-state index in [0.717, 1.165) is 31.3 Å². The lowest BCUT2D eigenvalue weighted by Crippen LogP contribution is -2.38. The summed E-state index contributed by atoms with van der Waals surface area (Å²) < 4.78 is 39.1. The molecular formula is C9H10BrFN2O2S. The van der Waals surface area contributed by atoms with E-state index >= 15 is 0 Å². The number of nitrogens with zero attached hydrogens (tertiary/aromatic N) is 1. The summed E-state index contributed by atoms with van der Waals surface area (Å²) in [4.78, 5) is 3.38. The monoisotopic (exact) mass is 308 g/mol. The van der Waals surface area contributed by atoms with Gasteiger partial charge in [0.25, 0.3) is 0 Å². The zero-order valence-electron chi connectivity index (χ0n) is 8.28. The van der Waals surface area contributed by atoms with Crippen molar-refractivity contribution >= 4 is 26.0 Å². The molecule has 1 saturated carbocycles. The number of hydrogen-bond acceptors (Lipinski definition) is 3. The number of pyridine rings is 1. The summed E-state index contributed by atoms with van der Waals surface area (Å²) in [5.74, 6) is -0.661. The Kier molecular flexibility index (Phi) is 3.02. The van der Waals surface area contributed by atoms with E-state index in [1.807, 2.05) is 0 Å². The lowest BCUT2D eigenvalue weighted by atomic mass is 10.4. The predicted octanol–water partition coefficient (Wildman–Crippen LogP) is 1.43. The van der Waals surface area contributed by atoms with Crippen LogP contribution < -0.4 is 4.72 Å². The highest BCUT2D eigenvalue weighted by Crippen LogP contribution is 2.38. The van der Waals surface area contributed by atoms with Crippen LogP contribution in [-0.4, -0.2) is 24.3 Å². The van der Waals surface area contributed by atoms with Gasteiger partial charge in [-0.3, -0.25) is 4.98 Å². The molecule has 1 aromatic rings. The van der Waals surface area contributed by atoms with E-state index in [1.54, 1.807) is 0 Å². The molecule has 7 heteroatoms. The average Bonchev–Trinajstić information content (AvgIpc) is 2.98. The van der Waals surface area contributed by atoms with Crippen LogP contribution in [0.25, 0.3) is 0 Å². The van der Waals surface area contributed by atoms with Crippen LogP contribution in [0.2, 0.25) is 0 Å². The van der Waals surface area contributed by atoms with Crippen LogP contribution in [0.1, 0.15) is 12.8 Å². The van der Waals surface area contributed by atoms with Crippen molar-refractivity contribution in [3.8, 4) is 0 Å². The van der Waals surface area contributed by atoms with Crippen molar-refractivity contribution < 1.29 is 12.8 Å². The molecule has 4 nitrogen and oxygen atoms in total. The fraction of sp³-hybridized carbons (Fsp3) is 0.444. The molecule has 0 unspecified atom stereocenters. The summed E-state index contributed by atoms with van der Waals surface area (Å²) in [5, 5.41) is 0.558. The zero-order chi connectivity index (χ0) is 11.8. The summed E-state index contributed by atoms with van der Waals surface area (Å²) in [7, 11) is -3.67. The van der Waals surface area contributed by atoms with Gasteiger partial charge in [0, 0.05) is 17.1 Å².